The highest BCUT2D eigenvalue weighted by molar-refractivity contribution is 5.93. The number of carbonyl (C=O) groups excluding carboxylic acids is 1. The van der Waals surface area contributed by atoms with Gasteiger partial charge in [-0.2, -0.15) is 5.10 Å². The molecule has 1 aliphatic heterocycles. The number of aromatic amines is 1. The first-order valence-electron chi connectivity index (χ1n) is 7.27. The van der Waals surface area contributed by atoms with Gasteiger partial charge < -0.3 is 13.8 Å². The number of halogens is 2. The fraction of sp³-hybridized carbons (Fsp3) is 0.267. The Hall–Kier alpha value is -2.97. The molecule has 0 spiro atoms. The van der Waals surface area contributed by atoms with E-state index in [9.17, 15) is 13.6 Å². The lowest BCUT2D eigenvalue weighted by Gasteiger charge is -2.26. The van der Waals surface area contributed by atoms with Crippen LogP contribution in [0.4, 0.5) is 8.78 Å². The molecule has 24 heavy (non-hydrogen) atoms. The van der Waals surface area contributed by atoms with E-state index in [0.717, 1.165) is 0 Å². The normalized spacial score (nSPS) is 14.2. The van der Waals surface area contributed by atoms with Crippen LogP contribution in [0.15, 0.2) is 33.4 Å². The second kappa shape index (κ2) is 5.59. The largest absolute Gasteiger partial charge is 0.461 e. The number of nitrogens with one attached hydrogen (secondary N) is 1. The van der Waals surface area contributed by atoms with Crippen molar-refractivity contribution in [2.45, 2.75) is 19.4 Å². The number of H-pyrrole nitrogens is 1. The van der Waals surface area contributed by atoms with Crippen molar-refractivity contribution >= 4 is 5.91 Å². The summed E-state index contributed by atoms with van der Waals surface area (Å²) in [5, 5.41) is 10.0. The van der Waals surface area contributed by atoms with Crippen molar-refractivity contribution in [1.82, 2.24) is 20.3 Å². The van der Waals surface area contributed by atoms with Gasteiger partial charge in [0.15, 0.2) is 11.5 Å². The maximum atomic E-state index is 13.0. The number of rotatable bonds is 3. The van der Waals surface area contributed by atoms with Crippen molar-refractivity contribution < 1.29 is 22.5 Å². The molecular formula is C15H12F2N4O3. The molecular weight excluding hydrogens is 322 g/mol. The molecule has 0 radical (unpaired) electrons. The molecule has 0 fully saturated rings. The smallest absolute Gasteiger partial charge is 0.282 e. The van der Waals surface area contributed by atoms with Gasteiger partial charge in [0.25, 0.3) is 12.3 Å². The Balaban J connectivity index is 1.56. The van der Waals surface area contributed by atoms with Gasteiger partial charge >= 0.3 is 0 Å². The lowest BCUT2D eigenvalue weighted by Crippen LogP contribution is -2.36. The van der Waals surface area contributed by atoms with Crippen molar-refractivity contribution in [2.75, 3.05) is 6.54 Å². The van der Waals surface area contributed by atoms with Crippen LogP contribution in [0.1, 0.15) is 33.9 Å². The van der Waals surface area contributed by atoms with E-state index in [1.54, 1.807) is 12.1 Å². The highest BCUT2D eigenvalue weighted by Gasteiger charge is 2.30. The molecule has 0 aromatic carbocycles. The summed E-state index contributed by atoms with van der Waals surface area (Å²) in [6, 6.07) is 4.85. The van der Waals surface area contributed by atoms with E-state index in [2.05, 4.69) is 15.4 Å². The van der Waals surface area contributed by atoms with Crippen molar-refractivity contribution in [3.8, 4) is 11.5 Å². The Morgan fingerprint density at radius 2 is 2.25 bits per heavy atom. The molecule has 0 atom stereocenters. The molecule has 124 valence electrons. The van der Waals surface area contributed by atoms with E-state index in [4.69, 9.17) is 8.94 Å². The van der Waals surface area contributed by atoms with Crippen LogP contribution in [-0.4, -0.2) is 32.7 Å². The summed E-state index contributed by atoms with van der Waals surface area (Å²) in [7, 11) is 0. The fourth-order valence-electron chi connectivity index (χ4n) is 2.74. The van der Waals surface area contributed by atoms with Crippen molar-refractivity contribution in [2.24, 2.45) is 0 Å². The van der Waals surface area contributed by atoms with E-state index in [0.29, 0.717) is 35.7 Å². The van der Waals surface area contributed by atoms with Crippen LogP contribution in [0, 0.1) is 0 Å². The van der Waals surface area contributed by atoms with Crippen molar-refractivity contribution in [3.05, 3.63) is 47.1 Å². The SMILES string of the molecule is O=C(c1cc(-c2ccco2)on1)N1CCc2[nH]nc(C(F)F)c2C1. The monoisotopic (exact) mass is 334 g/mol. The van der Waals surface area contributed by atoms with Crippen molar-refractivity contribution in [1.29, 1.82) is 0 Å². The molecule has 1 amide bonds. The number of hydrogen-bond donors (Lipinski definition) is 1. The topological polar surface area (TPSA) is 88.2 Å². The lowest BCUT2D eigenvalue weighted by molar-refractivity contribution is 0.0718. The number of nitrogens with zero attached hydrogens (tertiary/aromatic N) is 3. The summed E-state index contributed by atoms with van der Waals surface area (Å²) in [6.45, 7) is 0.451. The molecule has 4 rings (SSSR count). The van der Waals surface area contributed by atoms with Crippen LogP contribution in [-0.2, 0) is 13.0 Å². The third-order valence-corrected chi connectivity index (χ3v) is 3.95. The maximum absolute atomic E-state index is 13.0. The number of aromatic nitrogens is 3. The van der Waals surface area contributed by atoms with Crippen LogP contribution in [0.5, 0.6) is 0 Å². The van der Waals surface area contributed by atoms with Gasteiger partial charge in [0.05, 0.1) is 6.26 Å². The van der Waals surface area contributed by atoms with Gasteiger partial charge in [0.1, 0.15) is 5.69 Å². The van der Waals surface area contributed by atoms with Gasteiger partial charge in [-0.1, -0.05) is 5.16 Å². The van der Waals surface area contributed by atoms with Gasteiger partial charge in [-0.05, 0) is 12.1 Å². The van der Waals surface area contributed by atoms with Gasteiger partial charge in [-0.3, -0.25) is 9.89 Å². The first-order valence-corrected chi connectivity index (χ1v) is 7.27. The Morgan fingerprint density at radius 1 is 1.38 bits per heavy atom. The number of furan rings is 1. The average Bonchev–Trinajstić information content (AvgIpc) is 3.31. The molecule has 3 aromatic rings. The number of fused-ring (bicyclic) bond motifs is 1. The summed E-state index contributed by atoms with van der Waals surface area (Å²) in [5.41, 5.74) is 0.816. The van der Waals surface area contributed by atoms with Crippen LogP contribution < -0.4 is 0 Å². The second-order valence-electron chi connectivity index (χ2n) is 5.40. The standard InChI is InChI=1S/C15H12F2N4O3/c16-14(17)13-8-7-21(4-3-9(8)18-19-13)15(22)10-6-12(24-20-10)11-2-1-5-23-11/h1-2,5-6,14H,3-4,7H2,(H,18,19). The van der Waals surface area contributed by atoms with Crippen LogP contribution >= 0.6 is 0 Å². The van der Waals surface area contributed by atoms with E-state index in [1.165, 1.54) is 17.2 Å². The van der Waals surface area contributed by atoms with E-state index >= 15 is 0 Å². The summed E-state index contributed by atoms with van der Waals surface area (Å²) in [5.74, 6) is 0.401. The molecule has 1 aliphatic rings. The lowest BCUT2D eigenvalue weighted by atomic mass is 10.0. The highest BCUT2D eigenvalue weighted by Crippen LogP contribution is 2.28. The quantitative estimate of drug-likeness (QED) is 0.796. The van der Waals surface area contributed by atoms with E-state index in [-0.39, 0.29) is 23.8 Å². The highest BCUT2D eigenvalue weighted by atomic mass is 19.3. The van der Waals surface area contributed by atoms with Crippen LogP contribution in [0.2, 0.25) is 0 Å². The third kappa shape index (κ3) is 2.38. The number of amides is 1. The molecule has 1 N–H and O–H groups in total. The van der Waals surface area contributed by atoms with Gasteiger partial charge in [-0.25, -0.2) is 8.78 Å². The van der Waals surface area contributed by atoms with Gasteiger partial charge in [0.2, 0.25) is 5.76 Å². The first-order chi connectivity index (χ1) is 11.6. The zero-order chi connectivity index (χ0) is 16.7. The van der Waals surface area contributed by atoms with Crippen LogP contribution in [0.25, 0.3) is 11.5 Å². The number of carbonyl (C=O) groups is 1. The van der Waals surface area contributed by atoms with E-state index in [1.807, 2.05) is 0 Å². The zero-order valence-corrected chi connectivity index (χ0v) is 12.3. The molecule has 0 saturated carbocycles. The van der Waals surface area contributed by atoms with Gasteiger partial charge in [-0.15, -0.1) is 0 Å². The Kier molecular flexibility index (Phi) is 3.40. The van der Waals surface area contributed by atoms with E-state index < -0.39 is 6.43 Å². The molecule has 3 aromatic heterocycles. The molecule has 0 aliphatic carbocycles. The number of alkyl halides is 2. The van der Waals surface area contributed by atoms with Crippen LogP contribution in [0.3, 0.4) is 0 Å². The molecule has 7 nitrogen and oxygen atoms in total. The predicted octanol–water partition coefficient (Wildman–Crippen LogP) is 2.79. The summed E-state index contributed by atoms with van der Waals surface area (Å²) < 4.78 is 36.2. The minimum absolute atomic E-state index is 0.0628. The van der Waals surface area contributed by atoms with Gasteiger partial charge in [0, 0.05) is 36.8 Å². The third-order valence-electron chi connectivity index (χ3n) is 3.95. The molecule has 0 unspecified atom stereocenters. The summed E-state index contributed by atoms with van der Waals surface area (Å²) in [6.07, 6.45) is -0.766. The summed E-state index contributed by atoms with van der Waals surface area (Å²) in [4.78, 5) is 14.0. The predicted molar refractivity (Wildman–Crippen MR) is 76.2 cm³/mol. The number of hydrogen-bond acceptors (Lipinski definition) is 5. The maximum Gasteiger partial charge on any atom is 0.282 e. The fourth-order valence-corrected chi connectivity index (χ4v) is 2.74. The molecule has 0 saturated heterocycles. The Labute approximate surface area is 134 Å². The Bertz CT molecular complexity index is 869. The molecule has 4 heterocycles. The average molecular weight is 334 g/mol. The minimum atomic E-state index is -2.68. The zero-order valence-electron chi connectivity index (χ0n) is 12.3. The summed E-state index contributed by atoms with van der Waals surface area (Å²) >= 11 is 0. The molecule has 0 bridgehead atoms. The second-order valence-corrected chi connectivity index (χ2v) is 5.40. The first kappa shape index (κ1) is 14.6. The Morgan fingerprint density at radius 3 is 3.00 bits per heavy atom. The minimum Gasteiger partial charge on any atom is -0.461 e. The molecule has 9 heteroatoms. The van der Waals surface area contributed by atoms with Crippen molar-refractivity contribution in [3.63, 3.8) is 0 Å².